The maximum atomic E-state index is 9.49. The topological polar surface area (TPSA) is 26.7 Å². The predicted octanol–water partition coefficient (Wildman–Crippen LogP) is 2.23. The van der Waals surface area contributed by atoms with Gasteiger partial charge in [-0.15, -0.1) is 0 Å². The molecule has 1 saturated heterocycles. The fourth-order valence-corrected chi connectivity index (χ4v) is 2.49. The summed E-state index contributed by atoms with van der Waals surface area (Å²) < 4.78 is 0. The van der Waals surface area contributed by atoms with E-state index in [1.54, 1.807) is 12.9 Å². The summed E-state index contributed by atoms with van der Waals surface area (Å²) in [5.74, 6) is 0. The zero-order valence-electron chi connectivity index (χ0n) is 9.74. The van der Waals surface area contributed by atoms with Crippen molar-refractivity contribution in [1.82, 2.24) is 4.81 Å². The summed E-state index contributed by atoms with van der Waals surface area (Å²) in [5, 5.41) is 10.7. The van der Waals surface area contributed by atoms with Gasteiger partial charge in [0.2, 0.25) is 0 Å². The molecule has 0 radical (unpaired) electrons. The highest BCUT2D eigenvalue weighted by Crippen LogP contribution is 2.32. The van der Waals surface area contributed by atoms with Crippen LogP contribution in [-0.2, 0) is 0 Å². The first-order valence-corrected chi connectivity index (χ1v) is 6.46. The molecule has 1 fully saturated rings. The summed E-state index contributed by atoms with van der Waals surface area (Å²) in [6.45, 7) is 5.17. The second-order valence-corrected chi connectivity index (χ2v) is 5.01. The van der Waals surface area contributed by atoms with Crippen LogP contribution in [-0.4, -0.2) is 43.1 Å². The lowest BCUT2D eigenvalue weighted by Crippen LogP contribution is -2.51. The second-order valence-electron chi connectivity index (χ2n) is 4.23. The van der Waals surface area contributed by atoms with Gasteiger partial charge in [0.05, 0.1) is 15.7 Å². The Morgan fingerprint density at radius 3 is 2.41 bits per heavy atom. The van der Waals surface area contributed by atoms with Crippen molar-refractivity contribution in [2.24, 2.45) is 0 Å². The molecular formula is C11H15BCl2N2O. The molecule has 0 aliphatic carbocycles. The Hall–Kier alpha value is -0.415. The third-order valence-electron chi connectivity index (χ3n) is 3.11. The van der Waals surface area contributed by atoms with Crippen molar-refractivity contribution in [2.45, 2.75) is 6.82 Å². The van der Waals surface area contributed by atoms with E-state index >= 15 is 0 Å². The Morgan fingerprint density at radius 2 is 1.82 bits per heavy atom. The minimum atomic E-state index is -0.382. The molecule has 0 saturated carbocycles. The number of hydrogen-bond donors (Lipinski definition) is 1. The molecule has 1 heterocycles. The third kappa shape index (κ3) is 2.88. The van der Waals surface area contributed by atoms with Crippen LogP contribution in [0.4, 0.5) is 5.69 Å². The zero-order chi connectivity index (χ0) is 12.4. The van der Waals surface area contributed by atoms with Gasteiger partial charge in [0, 0.05) is 26.2 Å². The molecule has 2 rings (SSSR count). The van der Waals surface area contributed by atoms with Crippen molar-refractivity contribution in [3.05, 3.63) is 28.2 Å². The molecule has 1 aromatic rings. The lowest BCUT2D eigenvalue weighted by atomic mass is 9.84. The highest BCUT2D eigenvalue weighted by atomic mass is 35.5. The minimum absolute atomic E-state index is 0.382. The number of rotatable bonds is 2. The normalized spacial score (nSPS) is 17.3. The average molecular weight is 273 g/mol. The van der Waals surface area contributed by atoms with Crippen LogP contribution in [0.2, 0.25) is 16.9 Å². The number of anilines is 1. The Bertz CT molecular complexity index is 395. The molecule has 3 nitrogen and oxygen atoms in total. The highest BCUT2D eigenvalue weighted by Gasteiger charge is 2.23. The van der Waals surface area contributed by atoms with Crippen molar-refractivity contribution in [3.8, 4) is 0 Å². The smallest absolute Gasteiger partial charge is 0.376 e. The molecule has 0 atom stereocenters. The highest BCUT2D eigenvalue weighted by molar-refractivity contribution is 6.45. The van der Waals surface area contributed by atoms with E-state index in [0.29, 0.717) is 10.0 Å². The van der Waals surface area contributed by atoms with Gasteiger partial charge in [-0.25, -0.2) is 0 Å². The maximum absolute atomic E-state index is 9.49. The van der Waals surface area contributed by atoms with E-state index in [1.807, 2.05) is 16.9 Å². The van der Waals surface area contributed by atoms with E-state index in [4.69, 9.17) is 23.2 Å². The van der Waals surface area contributed by atoms with Gasteiger partial charge in [-0.3, -0.25) is 0 Å². The van der Waals surface area contributed by atoms with E-state index in [-0.39, 0.29) is 7.05 Å². The van der Waals surface area contributed by atoms with Crippen LogP contribution in [0.5, 0.6) is 0 Å². The van der Waals surface area contributed by atoms with Crippen molar-refractivity contribution in [3.63, 3.8) is 0 Å². The van der Waals surface area contributed by atoms with Crippen LogP contribution < -0.4 is 4.90 Å². The van der Waals surface area contributed by atoms with Gasteiger partial charge in [0.1, 0.15) is 0 Å². The maximum Gasteiger partial charge on any atom is 0.376 e. The average Bonchev–Trinajstić information content (AvgIpc) is 2.33. The van der Waals surface area contributed by atoms with E-state index in [2.05, 4.69) is 4.90 Å². The fraction of sp³-hybridized carbons (Fsp3) is 0.455. The fourth-order valence-electron chi connectivity index (χ4n) is 2.07. The van der Waals surface area contributed by atoms with E-state index < -0.39 is 0 Å². The van der Waals surface area contributed by atoms with Crippen molar-refractivity contribution in [1.29, 1.82) is 0 Å². The van der Waals surface area contributed by atoms with Gasteiger partial charge in [0.15, 0.2) is 0 Å². The van der Waals surface area contributed by atoms with Crippen LogP contribution in [0.1, 0.15) is 0 Å². The number of halogens is 2. The SMILES string of the molecule is CB(O)N1CCN(c2cccc(Cl)c2Cl)CC1. The van der Waals surface area contributed by atoms with Gasteiger partial charge in [0.25, 0.3) is 0 Å². The first-order valence-electron chi connectivity index (χ1n) is 5.70. The summed E-state index contributed by atoms with van der Waals surface area (Å²) in [7, 11) is -0.382. The summed E-state index contributed by atoms with van der Waals surface area (Å²) >= 11 is 12.2. The molecule has 1 aliphatic heterocycles. The van der Waals surface area contributed by atoms with Crippen LogP contribution in [0.15, 0.2) is 18.2 Å². The first kappa shape index (κ1) is 13.0. The molecule has 0 aromatic heterocycles. The first-order chi connectivity index (χ1) is 8.09. The second kappa shape index (κ2) is 5.48. The lowest BCUT2D eigenvalue weighted by molar-refractivity contribution is 0.344. The van der Waals surface area contributed by atoms with E-state index in [0.717, 1.165) is 31.9 Å². The minimum Gasteiger partial charge on any atom is -0.437 e. The van der Waals surface area contributed by atoms with Crippen LogP contribution >= 0.6 is 23.2 Å². The molecule has 1 N–H and O–H groups in total. The summed E-state index contributed by atoms with van der Waals surface area (Å²) in [5.41, 5.74) is 0.976. The summed E-state index contributed by atoms with van der Waals surface area (Å²) in [6, 6.07) is 5.68. The molecule has 0 spiro atoms. The van der Waals surface area contributed by atoms with Crippen LogP contribution in [0.3, 0.4) is 0 Å². The van der Waals surface area contributed by atoms with Gasteiger partial charge in [-0.2, -0.15) is 0 Å². The molecule has 17 heavy (non-hydrogen) atoms. The number of piperazine rings is 1. The van der Waals surface area contributed by atoms with Crippen molar-refractivity contribution >= 4 is 35.9 Å². The summed E-state index contributed by atoms with van der Waals surface area (Å²) in [4.78, 5) is 4.24. The van der Waals surface area contributed by atoms with Crippen LogP contribution in [0.25, 0.3) is 0 Å². The molecule has 92 valence electrons. The van der Waals surface area contributed by atoms with E-state index in [9.17, 15) is 5.02 Å². The monoisotopic (exact) mass is 272 g/mol. The van der Waals surface area contributed by atoms with Crippen molar-refractivity contribution in [2.75, 3.05) is 31.1 Å². The standard InChI is InChI=1S/C11H15BCl2N2O/c1-12(17)16-7-5-15(6-8-16)10-4-2-3-9(13)11(10)14/h2-4,17H,5-8H2,1H3. The van der Waals surface area contributed by atoms with Gasteiger partial charge in [-0.05, 0) is 19.0 Å². The zero-order valence-corrected chi connectivity index (χ0v) is 11.2. The Kier molecular flexibility index (Phi) is 4.20. The Morgan fingerprint density at radius 1 is 1.18 bits per heavy atom. The molecule has 1 aliphatic rings. The van der Waals surface area contributed by atoms with E-state index in [1.165, 1.54) is 0 Å². The Labute approximate surface area is 112 Å². The van der Waals surface area contributed by atoms with Gasteiger partial charge < -0.3 is 14.7 Å². The van der Waals surface area contributed by atoms with Gasteiger partial charge in [-0.1, -0.05) is 29.3 Å². The summed E-state index contributed by atoms with van der Waals surface area (Å²) in [6.07, 6.45) is 0. The predicted molar refractivity (Wildman–Crippen MR) is 74.1 cm³/mol. The number of hydrogen-bond acceptors (Lipinski definition) is 3. The molecule has 0 unspecified atom stereocenters. The largest absolute Gasteiger partial charge is 0.437 e. The molecule has 1 aromatic carbocycles. The number of benzene rings is 1. The molecule has 6 heteroatoms. The molecule has 0 bridgehead atoms. The quantitative estimate of drug-likeness (QED) is 0.837. The lowest BCUT2D eigenvalue weighted by Gasteiger charge is -2.37. The van der Waals surface area contributed by atoms with Crippen LogP contribution in [0, 0.1) is 0 Å². The van der Waals surface area contributed by atoms with Crippen molar-refractivity contribution < 1.29 is 5.02 Å². The Balaban J connectivity index is 2.08. The van der Waals surface area contributed by atoms with Gasteiger partial charge >= 0.3 is 7.05 Å². The molecule has 0 amide bonds. The molecular weight excluding hydrogens is 258 g/mol. The third-order valence-corrected chi connectivity index (χ3v) is 3.92. The number of nitrogens with zero attached hydrogens (tertiary/aromatic N) is 2.